The van der Waals surface area contributed by atoms with Crippen LogP contribution in [-0.2, 0) is 0 Å². The number of hydrogen-bond acceptors (Lipinski definition) is 4. The highest BCUT2D eigenvalue weighted by atomic mass is 35.5. The predicted molar refractivity (Wildman–Crippen MR) is 116 cm³/mol. The lowest BCUT2D eigenvalue weighted by Crippen LogP contribution is -2.40. The molecule has 27 heavy (non-hydrogen) atoms. The van der Waals surface area contributed by atoms with E-state index in [1.165, 1.54) is 11.3 Å². The van der Waals surface area contributed by atoms with E-state index >= 15 is 0 Å². The molecule has 0 saturated carbocycles. The average Bonchev–Trinajstić information content (AvgIpc) is 3.09. The predicted octanol–water partition coefficient (Wildman–Crippen LogP) is 3.88. The van der Waals surface area contributed by atoms with E-state index in [2.05, 4.69) is 5.32 Å². The molecule has 0 spiro atoms. The summed E-state index contributed by atoms with van der Waals surface area (Å²) < 4.78 is 2.30. The molecule has 1 aromatic carbocycles. The third-order valence-corrected chi connectivity index (χ3v) is 5.37. The Bertz CT molecular complexity index is 966. The highest BCUT2D eigenvalue weighted by molar-refractivity contribution is 7.81. The van der Waals surface area contributed by atoms with Crippen LogP contribution in [0.1, 0.15) is 4.88 Å². The molecule has 2 aromatic heterocycles. The molecule has 0 aliphatic rings. The molecule has 2 heterocycles. The maximum Gasteiger partial charge on any atom is 0.239 e. The average molecular weight is 416 g/mol. The van der Waals surface area contributed by atoms with Gasteiger partial charge in [0.15, 0.2) is 17.4 Å². The first kappa shape index (κ1) is 19.4. The zero-order valence-corrected chi connectivity index (χ0v) is 17.2. The Morgan fingerprint density at radius 2 is 1.74 bits per heavy atom. The molecule has 0 saturated heterocycles. The van der Waals surface area contributed by atoms with Crippen LogP contribution in [0.2, 0.25) is 4.34 Å². The Hall–Kier alpha value is -2.41. The minimum absolute atomic E-state index is 0.178. The van der Waals surface area contributed by atoms with Crippen LogP contribution in [-0.4, -0.2) is 19.1 Å². The molecule has 0 aliphatic heterocycles. The summed E-state index contributed by atoms with van der Waals surface area (Å²) in [4.78, 5) is 2.88. The number of aromatic nitrogens is 1. The van der Waals surface area contributed by atoms with Gasteiger partial charge in [-0.25, -0.2) is 0 Å². The number of thiocarbonyl (C=S) groups is 1. The summed E-state index contributed by atoms with van der Waals surface area (Å²) in [5.74, 6) is -0.178. The normalized spacial score (nSPS) is 11.7. The van der Waals surface area contributed by atoms with E-state index in [1.807, 2.05) is 73.9 Å². The quantitative estimate of drug-likeness (QED) is 0.297. The number of nitrogens with zero attached hydrogens (tertiary/aromatic N) is 2. The number of pyridine rings is 1. The van der Waals surface area contributed by atoms with Crippen LogP contribution >= 0.6 is 35.2 Å². The van der Waals surface area contributed by atoms with Gasteiger partial charge in [-0.3, -0.25) is 0 Å². The summed E-state index contributed by atoms with van der Waals surface area (Å²) in [7, 11) is 3.93. The smallest absolute Gasteiger partial charge is 0.239 e. The largest absolute Gasteiger partial charge is 0.867 e. The Balaban J connectivity index is 2.04. The summed E-state index contributed by atoms with van der Waals surface area (Å²) in [6.45, 7) is 0. The lowest BCUT2D eigenvalue weighted by Gasteiger charge is -2.16. The van der Waals surface area contributed by atoms with E-state index in [4.69, 9.17) is 23.8 Å². The second kappa shape index (κ2) is 8.52. The standard InChI is InChI=1S/C20H18ClN3OS2/c1-23(2)15-10-12-24(13-11-15)18(19(25)16-8-9-17(21)27-16)20(26)22-14-6-4-3-5-7-14/h3-13H,1-2H3,(H-,22,25,26). The zero-order valence-electron chi connectivity index (χ0n) is 14.8. The molecular formula is C20H18ClN3OS2. The fourth-order valence-corrected chi connectivity index (χ4v) is 3.77. The van der Waals surface area contributed by atoms with E-state index in [-0.39, 0.29) is 5.76 Å². The monoisotopic (exact) mass is 415 g/mol. The topological polar surface area (TPSA) is 42.2 Å². The molecule has 1 N–H and O–H groups in total. The van der Waals surface area contributed by atoms with Crippen molar-refractivity contribution in [3.05, 3.63) is 76.2 Å². The minimum Gasteiger partial charge on any atom is -0.867 e. The van der Waals surface area contributed by atoms with Gasteiger partial charge in [0.1, 0.15) is 0 Å². The van der Waals surface area contributed by atoms with Crippen LogP contribution in [0.4, 0.5) is 11.4 Å². The van der Waals surface area contributed by atoms with Gasteiger partial charge in [-0.15, -0.1) is 11.3 Å². The van der Waals surface area contributed by atoms with Crippen molar-refractivity contribution in [3.63, 3.8) is 0 Å². The molecule has 7 heteroatoms. The molecular weight excluding hydrogens is 398 g/mol. The molecule has 0 aliphatic carbocycles. The number of para-hydroxylation sites is 1. The molecule has 3 rings (SSSR count). The Kier molecular flexibility index (Phi) is 6.11. The van der Waals surface area contributed by atoms with Crippen molar-refractivity contribution in [2.75, 3.05) is 24.3 Å². The molecule has 3 aromatic rings. The van der Waals surface area contributed by atoms with Crippen molar-refractivity contribution in [2.45, 2.75) is 0 Å². The van der Waals surface area contributed by atoms with Crippen molar-refractivity contribution in [2.24, 2.45) is 0 Å². The summed E-state index contributed by atoms with van der Waals surface area (Å²) in [5.41, 5.74) is 2.22. The van der Waals surface area contributed by atoms with Crippen LogP contribution in [0, 0.1) is 0 Å². The fourth-order valence-electron chi connectivity index (χ4n) is 2.47. The molecule has 0 atom stereocenters. The SMILES string of the molecule is CN(C)c1cc[n+](C(C(=S)Nc2ccccc2)=C([O-])c2ccc(Cl)s2)cc1. The van der Waals surface area contributed by atoms with Gasteiger partial charge in [-0.1, -0.05) is 42.0 Å². The molecule has 0 amide bonds. The van der Waals surface area contributed by atoms with Crippen LogP contribution in [0.5, 0.6) is 0 Å². The maximum atomic E-state index is 13.2. The van der Waals surface area contributed by atoms with Crippen LogP contribution in [0.25, 0.3) is 11.5 Å². The summed E-state index contributed by atoms with van der Waals surface area (Å²) in [6.07, 6.45) is 3.66. The van der Waals surface area contributed by atoms with Crippen molar-refractivity contribution in [3.8, 4) is 0 Å². The first-order valence-electron chi connectivity index (χ1n) is 8.18. The minimum atomic E-state index is -0.178. The summed E-state index contributed by atoms with van der Waals surface area (Å²) >= 11 is 12.8. The van der Waals surface area contributed by atoms with Crippen LogP contribution in [0.15, 0.2) is 67.0 Å². The van der Waals surface area contributed by atoms with Gasteiger partial charge in [-0.2, -0.15) is 4.57 Å². The third-order valence-electron chi connectivity index (χ3n) is 3.85. The molecule has 0 radical (unpaired) electrons. The van der Waals surface area contributed by atoms with Crippen molar-refractivity contribution < 1.29 is 9.67 Å². The van der Waals surface area contributed by atoms with Crippen LogP contribution in [0.3, 0.4) is 0 Å². The van der Waals surface area contributed by atoms with Gasteiger partial charge < -0.3 is 15.3 Å². The number of hydrogen-bond donors (Lipinski definition) is 1. The molecule has 0 bridgehead atoms. The van der Waals surface area contributed by atoms with E-state index in [0.717, 1.165) is 11.4 Å². The number of nitrogens with one attached hydrogen (secondary N) is 1. The third kappa shape index (κ3) is 4.66. The molecule has 4 nitrogen and oxygen atoms in total. The fraction of sp³-hybridized carbons (Fsp3) is 0.100. The van der Waals surface area contributed by atoms with Crippen LogP contribution < -0.4 is 19.9 Å². The van der Waals surface area contributed by atoms with Gasteiger partial charge in [-0.05, 0) is 30.0 Å². The van der Waals surface area contributed by atoms with E-state index in [9.17, 15) is 5.11 Å². The zero-order chi connectivity index (χ0) is 19.4. The van der Waals surface area contributed by atoms with Gasteiger partial charge in [0, 0.05) is 42.5 Å². The Morgan fingerprint density at radius 3 is 2.30 bits per heavy atom. The second-order valence-electron chi connectivity index (χ2n) is 5.96. The van der Waals surface area contributed by atoms with E-state index in [1.54, 1.807) is 16.7 Å². The second-order valence-corrected chi connectivity index (χ2v) is 8.08. The van der Waals surface area contributed by atoms with Gasteiger partial charge in [0.05, 0.1) is 4.34 Å². The van der Waals surface area contributed by atoms with Gasteiger partial charge >= 0.3 is 0 Å². The number of benzene rings is 1. The highest BCUT2D eigenvalue weighted by Gasteiger charge is 2.20. The summed E-state index contributed by atoms with van der Waals surface area (Å²) in [5, 5.41) is 16.3. The molecule has 0 unspecified atom stereocenters. The van der Waals surface area contributed by atoms with Gasteiger partial charge in [0.2, 0.25) is 5.70 Å². The maximum absolute atomic E-state index is 13.2. The number of thiophene rings is 1. The lowest BCUT2D eigenvalue weighted by molar-refractivity contribution is -0.577. The van der Waals surface area contributed by atoms with E-state index in [0.29, 0.717) is 19.9 Å². The van der Waals surface area contributed by atoms with Gasteiger partial charge in [0.25, 0.3) is 0 Å². The molecule has 138 valence electrons. The Labute approximate surface area is 173 Å². The number of halogens is 1. The first-order chi connectivity index (χ1) is 13.0. The number of rotatable bonds is 5. The lowest BCUT2D eigenvalue weighted by atomic mass is 10.2. The number of anilines is 2. The van der Waals surface area contributed by atoms with Crippen molar-refractivity contribution >= 4 is 63.0 Å². The van der Waals surface area contributed by atoms with Crippen molar-refractivity contribution in [1.29, 1.82) is 0 Å². The molecule has 0 fully saturated rings. The first-order valence-corrected chi connectivity index (χ1v) is 9.78. The summed E-state index contributed by atoms with van der Waals surface area (Å²) in [6, 6.07) is 16.8. The van der Waals surface area contributed by atoms with E-state index < -0.39 is 0 Å². The Morgan fingerprint density at radius 1 is 1.07 bits per heavy atom. The highest BCUT2D eigenvalue weighted by Crippen LogP contribution is 2.27. The van der Waals surface area contributed by atoms with Crippen molar-refractivity contribution in [1.82, 2.24) is 0 Å².